The van der Waals surface area contributed by atoms with Gasteiger partial charge in [-0.3, -0.25) is 0 Å². The van der Waals surface area contributed by atoms with E-state index in [-0.39, 0.29) is 6.10 Å². The van der Waals surface area contributed by atoms with E-state index in [0.29, 0.717) is 11.5 Å². The summed E-state index contributed by atoms with van der Waals surface area (Å²) in [6.45, 7) is 7.87. The molecule has 0 radical (unpaired) electrons. The topological polar surface area (TPSA) is 21.3 Å². The third-order valence-corrected chi connectivity index (χ3v) is 3.83. The summed E-state index contributed by atoms with van der Waals surface area (Å²) in [4.78, 5) is 0. The first-order valence-electron chi connectivity index (χ1n) is 7.06. The molecule has 0 aromatic heterocycles. The van der Waals surface area contributed by atoms with Crippen LogP contribution in [0.1, 0.15) is 40.0 Å². The highest BCUT2D eigenvalue weighted by atomic mass is 16.5. The van der Waals surface area contributed by atoms with E-state index in [4.69, 9.17) is 4.74 Å². The zero-order valence-corrected chi connectivity index (χ0v) is 11.8. The molecule has 1 aromatic carbocycles. The summed E-state index contributed by atoms with van der Waals surface area (Å²) in [5.74, 6) is 0.989. The van der Waals surface area contributed by atoms with Crippen LogP contribution < -0.4 is 10.1 Å². The highest BCUT2D eigenvalue weighted by molar-refractivity contribution is 5.21. The van der Waals surface area contributed by atoms with Gasteiger partial charge in [0.25, 0.3) is 0 Å². The van der Waals surface area contributed by atoms with Crippen LogP contribution in [-0.4, -0.2) is 18.7 Å². The van der Waals surface area contributed by atoms with Gasteiger partial charge in [-0.1, -0.05) is 39.0 Å². The molecule has 1 fully saturated rings. The van der Waals surface area contributed by atoms with Gasteiger partial charge in [-0.15, -0.1) is 0 Å². The van der Waals surface area contributed by atoms with E-state index in [2.05, 4.69) is 26.1 Å². The van der Waals surface area contributed by atoms with E-state index in [1.165, 1.54) is 12.8 Å². The van der Waals surface area contributed by atoms with Crippen molar-refractivity contribution >= 4 is 0 Å². The van der Waals surface area contributed by atoms with Crippen molar-refractivity contribution in [3.8, 4) is 5.75 Å². The van der Waals surface area contributed by atoms with Crippen LogP contribution in [0, 0.1) is 5.41 Å². The van der Waals surface area contributed by atoms with Crippen molar-refractivity contribution in [3.05, 3.63) is 30.3 Å². The second-order valence-corrected chi connectivity index (χ2v) is 6.04. The maximum atomic E-state index is 6.19. The molecule has 2 heteroatoms. The van der Waals surface area contributed by atoms with Gasteiger partial charge in [0.15, 0.2) is 0 Å². The average molecular weight is 247 g/mol. The molecule has 0 heterocycles. The molecule has 1 aliphatic carbocycles. The lowest BCUT2D eigenvalue weighted by atomic mass is 9.74. The Kier molecular flexibility index (Phi) is 4.28. The number of hydrogen-bond acceptors (Lipinski definition) is 2. The fourth-order valence-corrected chi connectivity index (χ4v) is 2.81. The minimum atomic E-state index is 0.288. The van der Waals surface area contributed by atoms with Gasteiger partial charge in [0.05, 0.1) is 0 Å². The summed E-state index contributed by atoms with van der Waals surface area (Å²) < 4.78 is 6.19. The Morgan fingerprint density at radius 1 is 1.28 bits per heavy atom. The number of rotatable bonds is 4. The molecule has 1 N–H and O–H groups in total. The van der Waals surface area contributed by atoms with Crippen LogP contribution in [0.3, 0.4) is 0 Å². The summed E-state index contributed by atoms with van der Waals surface area (Å²) in [5, 5.41) is 3.57. The molecule has 0 amide bonds. The summed E-state index contributed by atoms with van der Waals surface area (Å²) in [6, 6.07) is 10.7. The molecule has 100 valence electrons. The fourth-order valence-electron chi connectivity index (χ4n) is 2.81. The number of likely N-dealkylation sites (N-methyl/N-ethyl adjacent to an activating group) is 1. The quantitative estimate of drug-likeness (QED) is 0.877. The van der Waals surface area contributed by atoms with Crippen LogP contribution >= 0.6 is 0 Å². The molecule has 1 aromatic rings. The first kappa shape index (κ1) is 13.4. The van der Waals surface area contributed by atoms with Gasteiger partial charge < -0.3 is 10.1 Å². The van der Waals surface area contributed by atoms with Crippen molar-refractivity contribution in [3.63, 3.8) is 0 Å². The largest absolute Gasteiger partial charge is 0.489 e. The number of hydrogen-bond donors (Lipinski definition) is 1. The van der Waals surface area contributed by atoms with Crippen molar-refractivity contribution in [2.24, 2.45) is 5.41 Å². The van der Waals surface area contributed by atoms with Crippen molar-refractivity contribution in [2.75, 3.05) is 6.54 Å². The second-order valence-electron chi connectivity index (χ2n) is 6.04. The smallest absolute Gasteiger partial charge is 0.119 e. The van der Waals surface area contributed by atoms with Crippen LogP contribution in [0.15, 0.2) is 30.3 Å². The summed E-state index contributed by atoms with van der Waals surface area (Å²) in [6.07, 6.45) is 3.90. The summed E-state index contributed by atoms with van der Waals surface area (Å²) in [7, 11) is 0. The third kappa shape index (κ3) is 3.49. The maximum absolute atomic E-state index is 6.19. The predicted molar refractivity (Wildman–Crippen MR) is 76.0 cm³/mol. The van der Waals surface area contributed by atoms with E-state index in [9.17, 15) is 0 Å². The third-order valence-electron chi connectivity index (χ3n) is 3.83. The maximum Gasteiger partial charge on any atom is 0.119 e. The lowest BCUT2D eigenvalue weighted by Crippen LogP contribution is -2.49. The standard InChI is InChI=1S/C16H25NO/c1-4-17-14-10-11-16(2,3)12-15(14)18-13-8-6-5-7-9-13/h5-9,14-15,17H,4,10-12H2,1-3H3. The van der Waals surface area contributed by atoms with Gasteiger partial charge in [0, 0.05) is 6.04 Å². The number of nitrogens with one attached hydrogen (secondary N) is 1. The van der Waals surface area contributed by atoms with Crippen LogP contribution in [0.4, 0.5) is 0 Å². The SMILES string of the molecule is CCNC1CCC(C)(C)CC1Oc1ccccc1. The molecule has 18 heavy (non-hydrogen) atoms. The molecule has 0 saturated heterocycles. The molecule has 1 saturated carbocycles. The average Bonchev–Trinajstić information content (AvgIpc) is 2.34. The Labute approximate surface area is 111 Å². The van der Waals surface area contributed by atoms with Crippen LogP contribution in [0.5, 0.6) is 5.75 Å². The number of ether oxygens (including phenoxy) is 1. The summed E-state index contributed by atoms with van der Waals surface area (Å²) in [5.41, 5.74) is 0.394. The monoisotopic (exact) mass is 247 g/mol. The lowest BCUT2D eigenvalue weighted by Gasteiger charge is -2.40. The molecule has 2 unspecified atom stereocenters. The van der Waals surface area contributed by atoms with Gasteiger partial charge in [-0.2, -0.15) is 0 Å². The van der Waals surface area contributed by atoms with Crippen LogP contribution in [-0.2, 0) is 0 Å². The molecule has 2 nitrogen and oxygen atoms in total. The van der Waals surface area contributed by atoms with Gasteiger partial charge in [0.2, 0.25) is 0 Å². The zero-order chi connectivity index (χ0) is 13.0. The molecule has 0 bridgehead atoms. The Bertz CT molecular complexity index is 361. The number of benzene rings is 1. The highest BCUT2D eigenvalue weighted by Crippen LogP contribution is 2.37. The normalized spacial score (nSPS) is 26.8. The lowest BCUT2D eigenvalue weighted by molar-refractivity contribution is 0.0537. The zero-order valence-electron chi connectivity index (χ0n) is 11.8. The van der Waals surface area contributed by atoms with Crippen molar-refractivity contribution in [2.45, 2.75) is 52.2 Å². The first-order chi connectivity index (χ1) is 8.61. The predicted octanol–water partition coefficient (Wildman–Crippen LogP) is 3.62. The minimum Gasteiger partial charge on any atom is -0.489 e. The van der Waals surface area contributed by atoms with Crippen molar-refractivity contribution in [1.29, 1.82) is 0 Å². The molecule has 1 aliphatic rings. The molecular weight excluding hydrogens is 222 g/mol. The molecule has 2 atom stereocenters. The minimum absolute atomic E-state index is 0.288. The van der Waals surface area contributed by atoms with Crippen LogP contribution in [0.25, 0.3) is 0 Å². The molecule has 0 aliphatic heterocycles. The Morgan fingerprint density at radius 3 is 2.67 bits per heavy atom. The van der Waals surface area contributed by atoms with E-state index < -0.39 is 0 Å². The molecular formula is C16H25NO. The number of para-hydroxylation sites is 1. The summed E-state index contributed by atoms with van der Waals surface area (Å²) >= 11 is 0. The Hall–Kier alpha value is -1.02. The van der Waals surface area contributed by atoms with E-state index in [0.717, 1.165) is 18.7 Å². The Balaban J connectivity index is 2.05. The highest BCUT2D eigenvalue weighted by Gasteiger charge is 2.35. The van der Waals surface area contributed by atoms with Gasteiger partial charge in [-0.25, -0.2) is 0 Å². The van der Waals surface area contributed by atoms with Gasteiger partial charge in [-0.05, 0) is 43.4 Å². The van der Waals surface area contributed by atoms with Crippen molar-refractivity contribution in [1.82, 2.24) is 5.32 Å². The van der Waals surface area contributed by atoms with Crippen molar-refractivity contribution < 1.29 is 4.74 Å². The van der Waals surface area contributed by atoms with E-state index in [1.807, 2.05) is 30.3 Å². The van der Waals surface area contributed by atoms with E-state index in [1.54, 1.807) is 0 Å². The molecule has 2 rings (SSSR count). The first-order valence-corrected chi connectivity index (χ1v) is 7.06. The van der Waals surface area contributed by atoms with Crippen LogP contribution in [0.2, 0.25) is 0 Å². The van der Waals surface area contributed by atoms with Gasteiger partial charge in [0.1, 0.15) is 11.9 Å². The Morgan fingerprint density at radius 2 is 2.00 bits per heavy atom. The molecule has 0 spiro atoms. The second kappa shape index (κ2) is 5.75. The fraction of sp³-hybridized carbons (Fsp3) is 0.625. The van der Waals surface area contributed by atoms with Gasteiger partial charge >= 0.3 is 0 Å². The van der Waals surface area contributed by atoms with E-state index >= 15 is 0 Å².